The van der Waals surface area contributed by atoms with Crippen LogP contribution in [-0.4, -0.2) is 62.1 Å². The van der Waals surface area contributed by atoms with Crippen LogP contribution < -0.4 is 5.32 Å². The zero-order chi connectivity index (χ0) is 16.8. The number of anilines is 1. The number of benzene rings is 1. The summed E-state index contributed by atoms with van der Waals surface area (Å²) in [6.07, 6.45) is 0.766. The number of nitrogens with zero attached hydrogens (tertiary/aromatic N) is 2. The average Bonchev–Trinajstić information content (AvgIpc) is 2.51. The second-order valence-electron chi connectivity index (χ2n) is 6.07. The molecule has 1 aromatic carbocycles. The molecule has 1 fully saturated rings. The summed E-state index contributed by atoms with van der Waals surface area (Å²) >= 11 is 6.39. The van der Waals surface area contributed by atoms with E-state index in [1.54, 1.807) is 0 Å². The van der Waals surface area contributed by atoms with Crippen molar-refractivity contribution in [2.24, 2.45) is 0 Å². The van der Waals surface area contributed by atoms with Gasteiger partial charge in [0.1, 0.15) is 0 Å². The summed E-state index contributed by atoms with van der Waals surface area (Å²) in [4.78, 5) is 16.5. The van der Waals surface area contributed by atoms with Crippen LogP contribution in [0.4, 0.5) is 5.69 Å². The third-order valence-electron chi connectivity index (χ3n) is 4.13. The van der Waals surface area contributed by atoms with Crippen LogP contribution in [0.15, 0.2) is 18.2 Å². The Bertz CT molecular complexity index is 531. The van der Waals surface area contributed by atoms with Crippen LogP contribution in [-0.2, 0) is 16.1 Å². The molecule has 1 unspecified atom stereocenters. The third kappa shape index (κ3) is 5.18. The molecule has 0 saturated carbocycles. The van der Waals surface area contributed by atoms with Gasteiger partial charge in [0.25, 0.3) is 0 Å². The van der Waals surface area contributed by atoms with Gasteiger partial charge in [-0.2, -0.15) is 0 Å². The summed E-state index contributed by atoms with van der Waals surface area (Å²) in [7, 11) is 3.82. The summed E-state index contributed by atoms with van der Waals surface area (Å²) in [6.45, 7) is 6.21. The highest BCUT2D eigenvalue weighted by Gasteiger charge is 2.19. The lowest BCUT2D eigenvalue weighted by molar-refractivity contribution is -0.120. The van der Waals surface area contributed by atoms with Crippen molar-refractivity contribution in [2.75, 3.05) is 45.7 Å². The minimum absolute atomic E-state index is 0.00510. The van der Waals surface area contributed by atoms with Gasteiger partial charge in [-0.1, -0.05) is 24.6 Å². The first-order valence-electron chi connectivity index (χ1n) is 8.07. The Morgan fingerprint density at radius 3 is 2.65 bits per heavy atom. The number of nitrogens with one attached hydrogen (secondary N) is 1. The fourth-order valence-corrected chi connectivity index (χ4v) is 3.00. The van der Waals surface area contributed by atoms with Crippen molar-refractivity contribution in [1.29, 1.82) is 0 Å². The zero-order valence-corrected chi connectivity index (χ0v) is 14.9. The number of hydrogen-bond acceptors (Lipinski definition) is 4. The Morgan fingerprint density at radius 1 is 1.39 bits per heavy atom. The molecule has 0 spiro atoms. The van der Waals surface area contributed by atoms with Crippen LogP contribution in [0.5, 0.6) is 0 Å². The number of halogens is 1. The molecule has 23 heavy (non-hydrogen) atoms. The molecule has 1 N–H and O–H groups in total. The van der Waals surface area contributed by atoms with Gasteiger partial charge in [-0.3, -0.25) is 14.6 Å². The lowest BCUT2D eigenvalue weighted by atomic mass is 10.1. The molecule has 1 amide bonds. The van der Waals surface area contributed by atoms with E-state index in [2.05, 4.69) is 10.2 Å². The smallest absolute Gasteiger partial charge is 0.241 e. The molecule has 6 heteroatoms. The van der Waals surface area contributed by atoms with E-state index in [1.807, 2.05) is 44.1 Å². The number of rotatable bonds is 6. The van der Waals surface area contributed by atoms with E-state index in [-0.39, 0.29) is 11.9 Å². The minimum atomic E-state index is -0.137. The van der Waals surface area contributed by atoms with Crippen LogP contribution in [0, 0.1) is 0 Å². The lowest BCUT2D eigenvalue weighted by Gasteiger charge is -2.27. The van der Waals surface area contributed by atoms with Gasteiger partial charge in [-0.15, -0.1) is 0 Å². The van der Waals surface area contributed by atoms with E-state index < -0.39 is 0 Å². The minimum Gasteiger partial charge on any atom is -0.379 e. The predicted octanol–water partition coefficient (Wildman–Crippen LogP) is 2.45. The largest absolute Gasteiger partial charge is 0.379 e. The van der Waals surface area contributed by atoms with Gasteiger partial charge in [0.2, 0.25) is 5.91 Å². The Hall–Kier alpha value is -1.14. The Kier molecular flexibility index (Phi) is 6.84. The van der Waals surface area contributed by atoms with Gasteiger partial charge in [0.15, 0.2) is 0 Å². The molecule has 1 saturated heterocycles. The molecule has 1 aliphatic heterocycles. The van der Waals surface area contributed by atoms with Crippen molar-refractivity contribution in [1.82, 2.24) is 9.80 Å². The number of ether oxygens (including phenoxy) is 1. The predicted molar refractivity (Wildman–Crippen MR) is 93.9 cm³/mol. The molecule has 0 aromatic heterocycles. The Balaban J connectivity index is 1.99. The van der Waals surface area contributed by atoms with E-state index in [0.29, 0.717) is 5.02 Å². The van der Waals surface area contributed by atoms with E-state index in [9.17, 15) is 4.79 Å². The topological polar surface area (TPSA) is 44.8 Å². The first-order valence-corrected chi connectivity index (χ1v) is 8.45. The van der Waals surface area contributed by atoms with E-state index in [4.69, 9.17) is 16.3 Å². The SMILES string of the molecule is CCC(C(=O)Nc1ccc(CN2CCOCC2)c(Cl)c1)N(C)C. The van der Waals surface area contributed by atoms with Gasteiger partial charge in [-0.25, -0.2) is 0 Å². The summed E-state index contributed by atoms with van der Waals surface area (Å²) in [5.74, 6) is -0.00510. The van der Waals surface area contributed by atoms with Crippen molar-refractivity contribution in [3.8, 4) is 0 Å². The molecular weight excluding hydrogens is 314 g/mol. The van der Waals surface area contributed by atoms with Gasteiger partial charge in [0.05, 0.1) is 19.3 Å². The molecule has 128 valence electrons. The highest BCUT2D eigenvalue weighted by atomic mass is 35.5. The van der Waals surface area contributed by atoms with Crippen molar-refractivity contribution < 1.29 is 9.53 Å². The Morgan fingerprint density at radius 2 is 2.09 bits per heavy atom. The van der Waals surface area contributed by atoms with Crippen molar-refractivity contribution in [2.45, 2.75) is 25.9 Å². The van der Waals surface area contributed by atoms with Crippen LogP contribution in [0.2, 0.25) is 5.02 Å². The van der Waals surface area contributed by atoms with Crippen LogP contribution in [0.3, 0.4) is 0 Å². The summed E-state index contributed by atoms with van der Waals surface area (Å²) < 4.78 is 5.36. The number of carbonyl (C=O) groups excluding carboxylic acids is 1. The second-order valence-corrected chi connectivity index (χ2v) is 6.48. The van der Waals surface area contributed by atoms with Crippen molar-refractivity contribution >= 4 is 23.2 Å². The summed E-state index contributed by atoms with van der Waals surface area (Å²) in [5.41, 5.74) is 1.82. The average molecular weight is 340 g/mol. The molecule has 5 nitrogen and oxygen atoms in total. The van der Waals surface area contributed by atoms with Crippen molar-refractivity contribution in [3.05, 3.63) is 28.8 Å². The standard InChI is InChI=1S/C17H26ClN3O2/c1-4-16(20(2)3)17(22)19-14-6-5-13(15(18)11-14)12-21-7-9-23-10-8-21/h5-6,11,16H,4,7-10,12H2,1-3H3,(H,19,22). The molecule has 0 radical (unpaired) electrons. The van der Waals surface area contributed by atoms with Gasteiger partial charge >= 0.3 is 0 Å². The van der Waals surface area contributed by atoms with E-state index in [1.165, 1.54) is 0 Å². The summed E-state index contributed by atoms with van der Waals surface area (Å²) in [6, 6.07) is 5.60. The number of hydrogen-bond donors (Lipinski definition) is 1. The maximum absolute atomic E-state index is 12.3. The molecule has 1 aliphatic rings. The molecule has 0 aliphatic carbocycles. The lowest BCUT2D eigenvalue weighted by Crippen LogP contribution is -2.39. The maximum Gasteiger partial charge on any atom is 0.241 e. The highest BCUT2D eigenvalue weighted by Crippen LogP contribution is 2.23. The first-order chi connectivity index (χ1) is 11.0. The quantitative estimate of drug-likeness (QED) is 0.864. The third-order valence-corrected chi connectivity index (χ3v) is 4.48. The normalized spacial score (nSPS) is 17.3. The van der Waals surface area contributed by atoms with Gasteiger partial charge < -0.3 is 10.1 Å². The Labute approximate surface area is 143 Å². The van der Waals surface area contributed by atoms with E-state index in [0.717, 1.165) is 50.5 Å². The fourth-order valence-electron chi connectivity index (χ4n) is 2.76. The number of carbonyl (C=O) groups is 1. The molecular formula is C17H26ClN3O2. The fraction of sp³-hybridized carbons (Fsp3) is 0.588. The molecule has 1 aromatic rings. The van der Waals surface area contributed by atoms with Gasteiger partial charge in [-0.05, 0) is 38.2 Å². The van der Waals surface area contributed by atoms with Crippen LogP contribution in [0.1, 0.15) is 18.9 Å². The van der Waals surface area contributed by atoms with E-state index >= 15 is 0 Å². The summed E-state index contributed by atoms with van der Waals surface area (Å²) in [5, 5.41) is 3.63. The molecule has 1 heterocycles. The van der Waals surface area contributed by atoms with Crippen LogP contribution >= 0.6 is 11.6 Å². The number of morpholine rings is 1. The number of amides is 1. The number of likely N-dealkylation sites (N-methyl/N-ethyl adjacent to an activating group) is 1. The zero-order valence-electron chi connectivity index (χ0n) is 14.1. The maximum atomic E-state index is 12.3. The van der Waals surface area contributed by atoms with Crippen molar-refractivity contribution in [3.63, 3.8) is 0 Å². The highest BCUT2D eigenvalue weighted by molar-refractivity contribution is 6.31. The first kappa shape index (κ1) is 18.2. The molecule has 0 bridgehead atoms. The monoisotopic (exact) mass is 339 g/mol. The second kappa shape index (κ2) is 8.64. The molecule has 1 atom stereocenters. The van der Waals surface area contributed by atoms with Crippen LogP contribution in [0.25, 0.3) is 0 Å². The van der Waals surface area contributed by atoms with Gasteiger partial charge in [0, 0.05) is 30.3 Å². The molecule has 2 rings (SSSR count).